The van der Waals surface area contributed by atoms with E-state index in [1.165, 1.54) is 12.8 Å². The molecule has 2 rings (SSSR count). The Labute approximate surface area is 89.0 Å². The minimum absolute atomic E-state index is 0.387. The van der Waals surface area contributed by atoms with E-state index in [-0.39, 0.29) is 0 Å². The number of aromatic nitrogens is 2. The van der Waals surface area contributed by atoms with Crippen LogP contribution < -0.4 is 5.32 Å². The SMILES string of the molecule is CC(C)c1nc(=S)cc(NC2CC2)[nH]1. The average Bonchev–Trinajstić information content (AvgIpc) is 2.87. The number of H-pyrrole nitrogens is 1. The number of nitrogens with zero attached hydrogens (tertiary/aromatic N) is 1. The zero-order chi connectivity index (χ0) is 10.1. The lowest BCUT2D eigenvalue weighted by Gasteiger charge is -2.09. The number of hydrogen-bond donors (Lipinski definition) is 2. The summed E-state index contributed by atoms with van der Waals surface area (Å²) >= 11 is 5.11. The van der Waals surface area contributed by atoms with Gasteiger partial charge in [-0.2, -0.15) is 0 Å². The van der Waals surface area contributed by atoms with Gasteiger partial charge in [-0.05, 0) is 12.8 Å². The molecule has 1 aliphatic carbocycles. The molecule has 1 heterocycles. The first-order valence-electron chi connectivity index (χ1n) is 5.03. The largest absolute Gasteiger partial charge is 0.369 e. The molecule has 1 saturated carbocycles. The van der Waals surface area contributed by atoms with Crippen LogP contribution in [0, 0.1) is 4.64 Å². The van der Waals surface area contributed by atoms with Crippen LogP contribution in [0.5, 0.6) is 0 Å². The first-order chi connectivity index (χ1) is 6.65. The van der Waals surface area contributed by atoms with Crippen LogP contribution in [0.4, 0.5) is 5.82 Å². The van der Waals surface area contributed by atoms with Crippen molar-refractivity contribution in [3.05, 3.63) is 16.5 Å². The Morgan fingerprint density at radius 2 is 2.29 bits per heavy atom. The summed E-state index contributed by atoms with van der Waals surface area (Å²) in [4.78, 5) is 7.55. The van der Waals surface area contributed by atoms with Gasteiger partial charge in [-0.1, -0.05) is 26.1 Å². The minimum atomic E-state index is 0.387. The van der Waals surface area contributed by atoms with Crippen molar-refractivity contribution in [2.24, 2.45) is 0 Å². The van der Waals surface area contributed by atoms with E-state index < -0.39 is 0 Å². The molecule has 0 aliphatic heterocycles. The molecule has 0 atom stereocenters. The molecule has 0 spiro atoms. The zero-order valence-electron chi connectivity index (χ0n) is 8.50. The van der Waals surface area contributed by atoms with Gasteiger partial charge in [0.1, 0.15) is 16.3 Å². The third-order valence-electron chi connectivity index (χ3n) is 2.25. The van der Waals surface area contributed by atoms with Crippen LogP contribution in [-0.2, 0) is 0 Å². The third kappa shape index (κ3) is 2.32. The molecule has 0 amide bonds. The maximum Gasteiger partial charge on any atom is 0.131 e. The van der Waals surface area contributed by atoms with Crippen LogP contribution in [0.25, 0.3) is 0 Å². The van der Waals surface area contributed by atoms with E-state index in [0.29, 0.717) is 16.6 Å². The Morgan fingerprint density at radius 1 is 1.57 bits per heavy atom. The van der Waals surface area contributed by atoms with Gasteiger partial charge in [0.25, 0.3) is 0 Å². The summed E-state index contributed by atoms with van der Waals surface area (Å²) in [5.41, 5.74) is 0. The van der Waals surface area contributed by atoms with Crippen LogP contribution >= 0.6 is 12.2 Å². The van der Waals surface area contributed by atoms with E-state index in [1.54, 1.807) is 0 Å². The molecule has 1 aliphatic rings. The van der Waals surface area contributed by atoms with Crippen LogP contribution in [0.2, 0.25) is 0 Å². The Hall–Kier alpha value is -0.900. The number of nitrogens with one attached hydrogen (secondary N) is 2. The molecule has 1 aromatic heterocycles. The summed E-state index contributed by atoms with van der Waals surface area (Å²) in [7, 11) is 0. The molecule has 0 saturated heterocycles. The van der Waals surface area contributed by atoms with Gasteiger partial charge in [0, 0.05) is 18.0 Å². The average molecular weight is 209 g/mol. The molecule has 3 nitrogen and oxygen atoms in total. The predicted octanol–water partition coefficient (Wildman–Crippen LogP) is 2.84. The van der Waals surface area contributed by atoms with Crippen molar-refractivity contribution >= 4 is 18.0 Å². The van der Waals surface area contributed by atoms with E-state index in [9.17, 15) is 0 Å². The molecular formula is C10H15N3S. The standard InChI is InChI=1S/C10H15N3S/c1-6(2)10-12-8(5-9(14)13-10)11-7-3-4-7/h5-7H,3-4H2,1-2H3,(H2,11,12,13,14). The van der Waals surface area contributed by atoms with Crippen LogP contribution in [-0.4, -0.2) is 16.0 Å². The van der Waals surface area contributed by atoms with Gasteiger partial charge in [-0.25, -0.2) is 4.98 Å². The molecule has 1 aromatic rings. The maximum absolute atomic E-state index is 5.11. The lowest BCUT2D eigenvalue weighted by molar-refractivity contribution is 0.771. The van der Waals surface area contributed by atoms with E-state index in [1.807, 2.05) is 6.07 Å². The summed E-state index contributed by atoms with van der Waals surface area (Å²) in [6.07, 6.45) is 2.53. The van der Waals surface area contributed by atoms with Crippen molar-refractivity contribution in [2.75, 3.05) is 5.32 Å². The third-order valence-corrected chi connectivity index (χ3v) is 2.45. The lowest BCUT2D eigenvalue weighted by Crippen LogP contribution is -2.06. The predicted molar refractivity (Wildman–Crippen MR) is 60.2 cm³/mol. The number of aromatic amines is 1. The summed E-state index contributed by atoms with van der Waals surface area (Å²) in [6.45, 7) is 4.21. The van der Waals surface area contributed by atoms with Crippen molar-refractivity contribution in [2.45, 2.75) is 38.6 Å². The molecule has 0 radical (unpaired) electrons. The summed E-state index contributed by atoms with van der Waals surface area (Å²) in [5.74, 6) is 2.36. The number of hydrogen-bond acceptors (Lipinski definition) is 3. The summed E-state index contributed by atoms with van der Waals surface area (Å²) < 4.78 is 0.663. The van der Waals surface area contributed by atoms with Crippen molar-refractivity contribution in [3.8, 4) is 0 Å². The smallest absolute Gasteiger partial charge is 0.131 e. The first kappa shape index (κ1) is 9.65. The molecule has 14 heavy (non-hydrogen) atoms. The van der Waals surface area contributed by atoms with Crippen molar-refractivity contribution in [1.82, 2.24) is 9.97 Å². The van der Waals surface area contributed by atoms with E-state index in [2.05, 4.69) is 29.1 Å². The van der Waals surface area contributed by atoms with Crippen LogP contribution in [0.15, 0.2) is 6.07 Å². The molecule has 0 unspecified atom stereocenters. The fourth-order valence-electron chi connectivity index (χ4n) is 1.28. The van der Waals surface area contributed by atoms with E-state index >= 15 is 0 Å². The van der Waals surface area contributed by atoms with Gasteiger partial charge < -0.3 is 10.3 Å². The normalized spacial score (nSPS) is 15.9. The monoisotopic (exact) mass is 209 g/mol. The summed E-state index contributed by atoms with van der Waals surface area (Å²) in [5, 5.41) is 3.39. The second-order valence-corrected chi connectivity index (χ2v) is 4.51. The highest BCUT2D eigenvalue weighted by Gasteiger charge is 2.21. The van der Waals surface area contributed by atoms with Crippen molar-refractivity contribution in [3.63, 3.8) is 0 Å². The van der Waals surface area contributed by atoms with Gasteiger partial charge in [0.2, 0.25) is 0 Å². The van der Waals surface area contributed by atoms with E-state index in [0.717, 1.165) is 11.6 Å². The second kappa shape index (κ2) is 3.69. The molecule has 0 bridgehead atoms. The lowest BCUT2D eigenvalue weighted by atomic mass is 10.2. The maximum atomic E-state index is 5.11. The topological polar surface area (TPSA) is 40.7 Å². The molecular weight excluding hydrogens is 194 g/mol. The van der Waals surface area contributed by atoms with Gasteiger partial charge in [0.05, 0.1) is 0 Å². The Kier molecular flexibility index (Phi) is 2.54. The highest BCUT2D eigenvalue weighted by Crippen LogP contribution is 2.24. The minimum Gasteiger partial charge on any atom is -0.369 e. The Bertz CT molecular complexity index is 379. The molecule has 76 valence electrons. The zero-order valence-corrected chi connectivity index (χ0v) is 9.32. The quantitative estimate of drug-likeness (QED) is 0.752. The van der Waals surface area contributed by atoms with Gasteiger partial charge in [-0.3, -0.25) is 0 Å². The fourth-order valence-corrected chi connectivity index (χ4v) is 1.49. The Morgan fingerprint density at radius 3 is 2.86 bits per heavy atom. The van der Waals surface area contributed by atoms with Crippen LogP contribution in [0.3, 0.4) is 0 Å². The second-order valence-electron chi connectivity index (χ2n) is 4.09. The number of rotatable bonds is 3. The van der Waals surface area contributed by atoms with E-state index in [4.69, 9.17) is 12.2 Å². The fraction of sp³-hybridized carbons (Fsp3) is 0.600. The van der Waals surface area contributed by atoms with Crippen LogP contribution in [0.1, 0.15) is 38.4 Å². The van der Waals surface area contributed by atoms with Gasteiger partial charge in [0.15, 0.2) is 0 Å². The highest BCUT2D eigenvalue weighted by atomic mass is 32.1. The highest BCUT2D eigenvalue weighted by molar-refractivity contribution is 7.71. The van der Waals surface area contributed by atoms with Gasteiger partial charge in [-0.15, -0.1) is 0 Å². The number of anilines is 1. The molecule has 1 fully saturated rings. The van der Waals surface area contributed by atoms with Crippen molar-refractivity contribution in [1.29, 1.82) is 0 Å². The Balaban J connectivity index is 2.25. The molecule has 0 aromatic carbocycles. The summed E-state index contributed by atoms with van der Waals surface area (Å²) in [6, 6.07) is 2.53. The van der Waals surface area contributed by atoms with Crippen molar-refractivity contribution < 1.29 is 0 Å². The van der Waals surface area contributed by atoms with Gasteiger partial charge >= 0.3 is 0 Å². The molecule has 4 heteroatoms. The molecule has 2 N–H and O–H groups in total. The first-order valence-corrected chi connectivity index (χ1v) is 5.44.